The molecule has 1 aliphatic rings. The molecule has 0 spiro atoms. The number of methoxy groups -OCH3 is 1. The second-order valence-electron chi connectivity index (χ2n) is 4.55. The predicted octanol–water partition coefficient (Wildman–Crippen LogP) is 1.77. The molecule has 1 saturated heterocycles. The molecule has 0 radical (unpaired) electrons. The fraction of sp³-hybridized carbons (Fsp3) is 0.571. The molecule has 2 rings (SSSR count). The van der Waals surface area contributed by atoms with Crippen LogP contribution in [0.5, 0.6) is 5.75 Å². The number of ether oxygens (including phenoxy) is 2. The summed E-state index contributed by atoms with van der Waals surface area (Å²) in [6.07, 6.45) is 0. The zero-order valence-corrected chi connectivity index (χ0v) is 12.1. The van der Waals surface area contributed by atoms with E-state index in [4.69, 9.17) is 21.1 Å². The third kappa shape index (κ3) is 4.35. The number of morpholine rings is 1. The van der Waals surface area contributed by atoms with E-state index in [0.29, 0.717) is 0 Å². The van der Waals surface area contributed by atoms with Crippen LogP contribution in [0.15, 0.2) is 18.2 Å². The molecular weight excluding hydrogens is 264 g/mol. The summed E-state index contributed by atoms with van der Waals surface area (Å²) >= 11 is 6.19. The summed E-state index contributed by atoms with van der Waals surface area (Å²) < 4.78 is 10.6. The summed E-state index contributed by atoms with van der Waals surface area (Å²) in [6.45, 7) is 6.45. The Morgan fingerprint density at radius 1 is 1.37 bits per heavy atom. The highest BCUT2D eigenvalue weighted by Crippen LogP contribution is 2.25. The molecule has 0 saturated carbocycles. The number of hydrogen-bond donors (Lipinski definition) is 1. The summed E-state index contributed by atoms with van der Waals surface area (Å²) in [5.41, 5.74) is 1.02. The first-order valence-corrected chi connectivity index (χ1v) is 7.01. The van der Waals surface area contributed by atoms with Crippen molar-refractivity contribution in [3.05, 3.63) is 28.8 Å². The first-order chi connectivity index (χ1) is 9.31. The predicted molar refractivity (Wildman–Crippen MR) is 77.0 cm³/mol. The van der Waals surface area contributed by atoms with E-state index in [0.717, 1.165) is 62.3 Å². The Kier molecular flexibility index (Phi) is 5.92. The van der Waals surface area contributed by atoms with Gasteiger partial charge in [-0.15, -0.1) is 0 Å². The van der Waals surface area contributed by atoms with Gasteiger partial charge in [0, 0.05) is 43.3 Å². The lowest BCUT2D eigenvalue weighted by Gasteiger charge is -2.26. The van der Waals surface area contributed by atoms with Gasteiger partial charge < -0.3 is 14.8 Å². The summed E-state index contributed by atoms with van der Waals surface area (Å²) in [7, 11) is 1.67. The van der Waals surface area contributed by atoms with E-state index in [-0.39, 0.29) is 0 Å². The van der Waals surface area contributed by atoms with Crippen LogP contribution in [-0.2, 0) is 11.3 Å². The fourth-order valence-electron chi connectivity index (χ4n) is 2.18. The molecule has 1 fully saturated rings. The maximum absolute atomic E-state index is 6.19. The largest absolute Gasteiger partial charge is 0.496 e. The molecular formula is C14H21ClN2O2. The molecule has 0 aliphatic carbocycles. The van der Waals surface area contributed by atoms with E-state index in [9.17, 15) is 0 Å². The van der Waals surface area contributed by atoms with Crippen molar-refractivity contribution in [3.8, 4) is 5.75 Å². The van der Waals surface area contributed by atoms with Gasteiger partial charge in [0.25, 0.3) is 0 Å². The normalized spacial score (nSPS) is 16.5. The van der Waals surface area contributed by atoms with Crippen molar-refractivity contribution < 1.29 is 9.47 Å². The number of rotatable bonds is 6. The Balaban J connectivity index is 1.76. The van der Waals surface area contributed by atoms with E-state index < -0.39 is 0 Å². The van der Waals surface area contributed by atoms with Crippen LogP contribution in [0, 0.1) is 0 Å². The average molecular weight is 285 g/mol. The first kappa shape index (κ1) is 14.6. The minimum Gasteiger partial charge on any atom is -0.496 e. The molecule has 1 aromatic rings. The second kappa shape index (κ2) is 7.70. The van der Waals surface area contributed by atoms with Crippen molar-refractivity contribution in [3.63, 3.8) is 0 Å². The Hall–Kier alpha value is -0.810. The molecule has 0 amide bonds. The highest BCUT2D eigenvalue weighted by atomic mass is 35.5. The number of halogens is 1. The van der Waals surface area contributed by atoms with Gasteiger partial charge >= 0.3 is 0 Å². The van der Waals surface area contributed by atoms with Gasteiger partial charge in [-0.25, -0.2) is 0 Å². The molecule has 5 heteroatoms. The van der Waals surface area contributed by atoms with Gasteiger partial charge in [-0.05, 0) is 12.1 Å². The Bertz CT molecular complexity index is 395. The van der Waals surface area contributed by atoms with Crippen molar-refractivity contribution in [1.29, 1.82) is 0 Å². The van der Waals surface area contributed by atoms with Crippen molar-refractivity contribution in [1.82, 2.24) is 10.2 Å². The third-order valence-electron chi connectivity index (χ3n) is 3.31. The van der Waals surface area contributed by atoms with Gasteiger partial charge in [-0.1, -0.05) is 17.7 Å². The first-order valence-electron chi connectivity index (χ1n) is 6.63. The molecule has 0 aromatic heterocycles. The van der Waals surface area contributed by atoms with E-state index in [1.807, 2.05) is 18.2 Å². The Morgan fingerprint density at radius 2 is 2.16 bits per heavy atom. The topological polar surface area (TPSA) is 33.7 Å². The molecule has 1 aliphatic heterocycles. The number of nitrogens with one attached hydrogen (secondary N) is 1. The van der Waals surface area contributed by atoms with Crippen LogP contribution in [0.4, 0.5) is 0 Å². The van der Waals surface area contributed by atoms with Crippen LogP contribution >= 0.6 is 11.6 Å². The van der Waals surface area contributed by atoms with Gasteiger partial charge in [0.1, 0.15) is 5.75 Å². The standard InChI is InChI=1S/C14H21ClN2O2/c1-18-14-4-2-3-13(15)12(14)11-16-5-6-17-7-9-19-10-8-17/h2-4,16H,5-11H2,1H3. The molecule has 0 unspecified atom stereocenters. The van der Waals surface area contributed by atoms with Crippen molar-refractivity contribution in [2.75, 3.05) is 46.5 Å². The zero-order valence-electron chi connectivity index (χ0n) is 11.3. The van der Waals surface area contributed by atoms with E-state index in [2.05, 4.69) is 10.2 Å². The lowest BCUT2D eigenvalue weighted by atomic mass is 10.2. The third-order valence-corrected chi connectivity index (χ3v) is 3.66. The summed E-state index contributed by atoms with van der Waals surface area (Å²) in [6, 6.07) is 5.73. The quantitative estimate of drug-likeness (QED) is 0.808. The Labute approximate surface area is 119 Å². The van der Waals surface area contributed by atoms with Gasteiger partial charge in [-0.3, -0.25) is 4.90 Å². The van der Waals surface area contributed by atoms with Crippen molar-refractivity contribution >= 4 is 11.6 Å². The van der Waals surface area contributed by atoms with Gasteiger partial charge in [0.2, 0.25) is 0 Å². The van der Waals surface area contributed by atoms with E-state index in [1.54, 1.807) is 7.11 Å². The molecule has 1 N–H and O–H groups in total. The minimum atomic E-state index is 0.729. The SMILES string of the molecule is COc1cccc(Cl)c1CNCCN1CCOCC1. The van der Waals surface area contributed by atoms with E-state index >= 15 is 0 Å². The lowest BCUT2D eigenvalue weighted by Crippen LogP contribution is -2.40. The van der Waals surface area contributed by atoms with Crippen LogP contribution < -0.4 is 10.1 Å². The van der Waals surface area contributed by atoms with Gasteiger partial charge in [-0.2, -0.15) is 0 Å². The van der Waals surface area contributed by atoms with Crippen molar-refractivity contribution in [2.24, 2.45) is 0 Å². The summed E-state index contributed by atoms with van der Waals surface area (Å²) in [5.74, 6) is 0.839. The highest BCUT2D eigenvalue weighted by molar-refractivity contribution is 6.31. The molecule has 4 nitrogen and oxygen atoms in total. The minimum absolute atomic E-state index is 0.729. The molecule has 106 valence electrons. The van der Waals surface area contributed by atoms with Crippen LogP contribution in [-0.4, -0.2) is 51.4 Å². The molecule has 1 heterocycles. The number of hydrogen-bond acceptors (Lipinski definition) is 4. The molecule has 0 atom stereocenters. The van der Waals surface area contributed by atoms with Crippen LogP contribution in [0.25, 0.3) is 0 Å². The molecule has 19 heavy (non-hydrogen) atoms. The molecule has 0 bridgehead atoms. The summed E-state index contributed by atoms with van der Waals surface area (Å²) in [4.78, 5) is 2.40. The second-order valence-corrected chi connectivity index (χ2v) is 4.96. The van der Waals surface area contributed by atoms with Crippen LogP contribution in [0.1, 0.15) is 5.56 Å². The zero-order chi connectivity index (χ0) is 13.5. The maximum atomic E-state index is 6.19. The van der Waals surface area contributed by atoms with Crippen LogP contribution in [0.3, 0.4) is 0 Å². The van der Waals surface area contributed by atoms with Crippen LogP contribution in [0.2, 0.25) is 5.02 Å². The highest BCUT2D eigenvalue weighted by Gasteiger charge is 2.10. The Morgan fingerprint density at radius 3 is 2.89 bits per heavy atom. The maximum Gasteiger partial charge on any atom is 0.124 e. The number of benzene rings is 1. The molecule has 1 aromatic carbocycles. The van der Waals surface area contributed by atoms with Gasteiger partial charge in [0.15, 0.2) is 0 Å². The van der Waals surface area contributed by atoms with Gasteiger partial charge in [0.05, 0.1) is 20.3 Å². The number of nitrogens with zero attached hydrogens (tertiary/aromatic N) is 1. The monoisotopic (exact) mass is 284 g/mol. The van der Waals surface area contributed by atoms with E-state index in [1.165, 1.54) is 0 Å². The summed E-state index contributed by atoms with van der Waals surface area (Å²) in [5, 5.41) is 4.17. The average Bonchev–Trinajstić information content (AvgIpc) is 2.46. The fourth-order valence-corrected chi connectivity index (χ4v) is 2.41. The van der Waals surface area contributed by atoms with Crippen molar-refractivity contribution in [2.45, 2.75) is 6.54 Å². The smallest absolute Gasteiger partial charge is 0.124 e. The lowest BCUT2D eigenvalue weighted by molar-refractivity contribution is 0.0384.